The second kappa shape index (κ2) is 5.71. The first kappa shape index (κ1) is 13.8. The van der Waals surface area contributed by atoms with Gasteiger partial charge in [-0.05, 0) is 48.6 Å². The molecule has 0 fully saturated rings. The van der Waals surface area contributed by atoms with Gasteiger partial charge in [0.15, 0.2) is 0 Å². The van der Waals surface area contributed by atoms with Gasteiger partial charge in [-0.25, -0.2) is 0 Å². The van der Waals surface area contributed by atoms with Gasteiger partial charge in [0.05, 0.1) is 0 Å². The third-order valence-corrected chi connectivity index (χ3v) is 4.53. The highest BCUT2D eigenvalue weighted by Crippen LogP contribution is 2.39. The van der Waals surface area contributed by atoms with Gasteiger partial charge in [-0.15, -0.1) is 0 Å². The number of rotatable bonds is 3. The summed E-state index contributed by atoms with van der Waals surface area (Å²) < 4.78 is 1.14. The zero-order chi connectivity index (χ0) is 14.8. The number of hydrogen-bond donors (Lipinski definition) is 0. The molecule has 0 bridgehead atoms. The molecule has 0 nitrogen and oxygen atoms in total. The predicted molar refractivity (Wildman–Crippen MR) is 97.5 cm³/mol. The van der Waals surface area contributed by atoms with Crippen LogP contribution in [0.4, 0.5) is 0 Å². The highest BCUT2D eigenvalue weighted by atomic mass is 79.9. The SMILES string of the molecule is C=C/C=C(\C=C)c1c2ccccc2c(Br)c2ccccc12. The zero-order valence-corrected chi connectivity index (χ0v) is 13.2. The van der Waals surface area contributed by atoms with Crippen molar-refractivity contribution >= 4 is 43.0 Å². The van der Waals surface area contributed by atoms with Gasteiger partial charge in [-0.3, -0.25) is 0 Å². The van der Waals surface area contributed by atoms with Crippen molar-refractivity contribution in [3.05, 3.63) is 90.0 Å². The Morgan fingerprint density at radius 3 is 1.71 bits per heavy atom. The summed E-state index contributed by atoms with van der Waals surface area (Å²) in [6.45, 7) is 7.78. The molecule has 0 unspecified atom stereocenters. The molecule has 1 heteroatoms. The molecule has 102 valence electrons. The molecule has 0 amide bonds. The molecule has 0 aliphatic rings. The molecule has 0 spiro atoms. The van der Waals surface area contributed by atoms with E-state index in [9.17, 15) is 0 Å². The Morgan fingerprint density at radius 1 is 0.810 bits per heavy atom. The Labute approximate surface area is 133 Å². The molecule has 0 aliphatic carbocycles. The standard InChI is InChI=1S/C20H15Br/c1-3-9-14(4-2)19-15-10-5-7-12-17(15)20(21)18-13-8-6-11-16(18)19/h3-13H,1-2H2/b14-9+. The summed E-state index contributed by atoms with van der Waals surface area (Å²) in [7, 11) is 0. The van der Waals surface area contributed by atoms with Crippen molar-refractivity contribution in [1.29, 1.82) is 0 Å². The monoisotopic (exact) mass is 334 g/mol. The van der Waals surface area contributed by atoms with Crippen LogP contribution in [-0.4, -0.2) is 0 Å². The number of benzene rings is 3. The second-order valence-electron chi connectivity index (χ2n) is 4.84. The van der Waals surface area contributed by atoms with Crippen LogP contribution >= 0.6 is 15.9 Å². The summed E-state index contributed by atoms with van der Waals surface area (Å²) in [5.41, 5.74) is 2.30. The van der Waals surface area contributed by atoms with E-state index in [1.54, 1.807) is 0 Å². The van der Waals surface area contributed by atoms with Crippen molar-refractivity contribution in [2.24, 2.45) is 0 Å². The van der Waals surface area contributed by atoms with E-state index in [0.29, 0.717) is 0 Å². The maximum Gasteiger partial charge on any atom is 0.0332 e. The molecular formula is C20H15Br. The van der Waals surface area contributed by atoms with E-state index in [1.807, 2.05) is 18.2 Å². The van der Waals surface area contributed by atoms with Gasteiger partial charge in [0.1, 0.15) is 0 Å². The van der Waals surface area contributed by atoms with Crippen LogP contribution in [0.5, 0.6) is 0 Å². The maximum atomic E-state index is 3.96. The van der Waals surface area contributed by atoms with Crippen molar-refractivity contribution in [2.75, 3.05) is 0 Å². The molecule has 0 saturated carbocycles. The smallest absolute Gasteiger partial charge is 0.0332 e. The summed E-state index contributed by atoms with van der Waals surface area (Å²) in [6.07, 6.45) is 5.71. The van der Waals surface area contributed by atoms with Crippen molar-refractivity contribution in [2.45, 2.75) is 0 Å². The van der Waals surface area contributed by atoms with E-state index in [-0.39, 0.29) is 0 Å². The lowest BCUT2D eigenvalue weighted by molar-refractivity contribution is 1.69. The Balaban J connectivity index is 2.60. The van der Waals surface area contributed by atoms with Crippen LogP contribution in [0.25, 0.3) is 27.1 Å². The van der Waals surface area contributed by atoms with Crippen LogP contribution < -0.4 is 0 Å². The van der Waals surface area contributed by atoms with Crippen LogP contribution in [0.1, 0.15) is 5.56 Å². The lowest BCUT2D eigenvalue weighted by Gasteiger charge is -2.14. The van der Waals surface area contributed by atoms with E-state index in [2.05, 4.69) is 77.6 Å². The summed E-state index contributed by atoms with van der Waals surface area (Å²) in [6, 6.07) is 16.9. The first-order chi connectivity index (χ1) is 10.3. The minimum atomic E-state index is 1.09. The third-order valence-electron chi connectivity index (χ3n) is 3.67. The second-order valence-corrected chi connectivity index (χ2v) is 5.63. The minimum absolute atomic E-state index is 1.09. The lowest BCUT2D eigenvalue weighted by Crippen LogP contribution is -1.89. The molecule has 0 aromatic heterocycles. The molecule has 0 radical (unpaired) electrons. The minimum Gasteiger partial charge on any atom is -0.0990 e. The van der Waals surface area contributed by atoms with Gasteiger partial charge in [0, 0.05) is 4.47 Å². The topological polar surface area (TPSA) is 0 Å². The average Bonchev–Trinajstić information content (AvgIpc) is 2.54. The van der Waals surface area contributed by atoms with Crippen LogP contribution in [0.15, 0.2) is 84.4 Å². The highest BCUT2D eigenvalue weighted by Gasteiger charge is 2.13. The van der Waals surface area contributed by atoms with E-state index in [0.717, 1.165) is 10.0 Å². The van der Waals surface area contributed by atoms with Crippen LogP contribution in [-0.2, 0) is 0 Å². The van der Waals surface area contributed by atoms with Gasteiger partial charge >= 0.3 is 0 Å². The van der Waals surface area contributed by atoms with Crippen molar-refractivity contribution in [1.82, 2.24) is 0 Å². The summed E-state index contributed by atoms with van der Waals surface area (Å²) >= 11 is 3.76. The zero-order valence-electron chi connectivity index (χ0n) is 11.6. The number of allylic oxidation sites excluding steroid dienone is 4. The Morgan fingerprint density at radius 2 is 1.29 bits per heavy atom. The normalized spacial score (nSPS) is 11.8. The number of fused-ring (bicyclic) bond motifs is 2. The third kappa shape index (κ3) is 2.24. The fraction of sp³-hybridized carbons (Fsp3) is 0. The van der Waals surface area contributed by atoms with Gasteiger partial charge in [-0.2, -0.15) is 0 Å². The first-order valence-corrected chi connectivity index (χ1v) is 7.61. The predicted octanol–water partition coefficient (Wildman–Crippen LogP) is 6.51. The quantitative estimate of drug-likeness (QED) is 0.378. The Hall–Kier alpha value is -2.12. The van der Waals surface area contributed by atoms with Crippen molar-refractivity contribution in [3.63, 3.8) is 0 Å². The number of hydrogen-bond acceptors (Lipinski definition) is 0. The van der Waals surface area contributed by atoms with E-state index in [4.69, 9.17) is 0 Å². The number of halogens is 1. The van der Waals surface area contributed by atoms with E-state index in [1.165, 1.54) is 27.1 Å². The van der Waals surface area contributed by atoms with Gasteiger partial charge in [-0.1, -0.05) is 79.9 Å². The maximum absolute atomic E-state index is 3.96. The summed E-state index contributed by atoms with van der Waals surface area (Å²) in [5, 5.41) is 4.86. The van der Waals surface area contributed by atoms with E-state index < -0.39 is 0 Å². The van der Waals surface area contributed by atoms with Crippen molar-refractivity contribution in [3.8, 4) is 0 Å². The van der Waals surface area contributed by atoms with Gasteiger partial charge in [0.25, 0.3) is 0 Å². The summed E-state index contributed by atoms with van der Waals surface area (Å²) in [4.78, 5) is 0. The Bertz CT molecular complexity index is 828. The largest absolute Gasteiger partial charge is 0.0990 e. The fourth-order valence-corrected chi connectivity index (χ4v) is 3.46. The molecule has 3 rings (SSSR count). The van der Waals surface area contributed by atoms with Crippen molar-refractivity contribution < 1.29 is 0 Å². The highest BCUT2D eigenvalue weighted by molar-refractivity contribution is 9.10. The molecule has 0 heterocycles. The van der Waals surface area contributed by atoms with Crippen LogP contribution in [0.2, 0.25) is 0 Å². The molecule has 3 aromatic carbocycles. The molecule has 0 atom stereocenters. The van der Waals surface area contributed by atoms with Gasteiger partial charge < -0.3 is 0 Å². The average molecular weight is 335 g/mol. The molecule has 3 aromatic rings. The molecule has 21 heavy (non-hydrogen) atoms. The molecular weight excluding hydrogens is 320 g/mol. The van der Waals surface area contributed by atoms with Crippen LogP contribution in [0.3, 0.4) is 0 Å². The van der Waals surface area contributed by atoms with E-state index >= 15 is 0 Å². The molecule has 0 saturated heterocycles. The fourth-order valence-electron chi connectivity index (χ4n) is 2.77. The van der Waals surface area contributed by atoms with Crippen LogP contribution in [0, 0.1) is 0 Å². The lowest BCUT2D eigenvalue weighted by atomic mass is 9.91. The molecule has 0 aliphatic heterocycles. The van der Waals surface area contributed by atoms with Gasteiger partial charge in [0.2, 0.25) is 0 Å². The Kier molecular flexibility index (Phi) is 3.76. The summed E-state index contributed by atoms with van der Waals surface area (Å²) in [5.74, 6) is 0. The first-order valence-electron chi connectivity index (χ1n) is 6.82. The molecule has 0 N–H and O–H groups in total.